The summed E-state index contributed by atoms with van der Waals surface area (Å²) in [4.78, 5) is 11.3. The Morgan fingerprint density at radius 3 is 2.14 bits per heavy atom. The number of carbonyl (C=O) groups is 1. The first-order valence-electron chi connectivity index (χ1n) is 4.87. The van der Waals surface area contributed by atoms with E-state index < -0.39 is 17.4 Å². The largest absolute Gasteiger partial charge is 0.456 e. The average Bonchev–Trinajstić information content (AvgIpc) is 1.97. The second-order valence-electron chi connectivity index (χ2n) is 4.42. The van der Waals surface area contributed by atoms with Crippen molar-refractivity contribution < 1.29 is 19.7 Å². The minimum atomic E-state index is -2.34. The van der Waals surface area contributed by atoms with Crippen molar-refractivity contribution in [2.75, 3.05) is 0 Å². The molecule has 0 spiro atoms. The normalized spacial score (nSPS) is 12.7. The van der Waals surface area contributed by atoms with Crippen molar-refractivity contribution in [2.24, 2.45) is 0 Å². The fraction of sp³-hybridized carbons (Fsp3) is 0.900. The van der Waals surface area contributed by atoms with Crippen LogP contribution in [0.5, 0.6) is 0 Å². The van der Waals surface area contributed by atoms with Gasteiger partial charge >= 0.3 is 5.97 Å². The van der Waals surface area contributed by atoms with E-state index in [0.717, 1.165) is 6.42 Å². The van der Waals surface area contributed by atoms with Gasteiger partial charge in [-0.25, -0.2) is 4.79 Å². The predicted octanol–water partition coefficient (Wildman–Crippen LogP) is 1.20. The number of unbranched alkanes of at least 4 members (excludes halogenated alkanes) is 1. The maximum atomic E-state index is 11.3. The molecule has 0 radical (unpaired) electrons. The third kappa shape index (κ3) is 5.19. The van der Waals surface area contributed by atoms with Crippen LogP contribution < -0.4 is 0 Å². The first-order valence-corrected chi connectivity index (χ1v) is 4.87. The molecule has 4 nitrogen and oxygen atoms in total. The number of hydrogen-bond acceptors (Lipinski definition) is 4. The number of esters is 1. The van der Waals surface area contributed by atoms with E-state index in [9.17, 15) is 15.0 Å². The van der Waals surface area contributed by atoms with E-state index in [-0.39, 0.29) is 6.42 Å². The molecule has 0 amide bonds. The standard InChI is InChI=1S/C10H20O4/c1-5-6-7-10(12,13)8(11)14-9(2,3)4/h12-13H,5-7H2,1-4H3. The number of aliphatic hydroxyl groups is 2. The van der Waals surface area contributed by atoms with Gasteiger partial charge in [-0.05, 0) is 27.2 Å². The van der Waals surface area contributed by atoms with Crippen LogP contribution in [0.1, 0.15) is 47.0 Å². The zero-order valence-corrected chi connectivity index (χ0v) is 9.33. The molecule has 0 atom stereocenters. The molecular weight excluding hydrogens is 184 g/mol. The lowest BCUT2D eigenvalue weighted by molar-refractivity contribution is -0.221. The predicted molar refractivity (Wildman–Crippen MR) is 52.5 cm³/mol. The Morgan fingerprint density at radius 2 is 1.79 bits per heavy atom. The summed E-state index contributed by atoms with van der Waals surface area (Å²) in [6, 6.07) is 0. The summed E-state index contributed by atoms with van der Waals surface area (Å²) in [7, 11) is 0. The van der Waals surface area contributed by atoms with Crippen molar-refractivity contribution >= 4 is 5.97 Å². The highest BCUT2D eigenvalue weighted by atomic mass is 16.6. The van der Waals surface area contributed by atoms with E-state index in [1.165, 1.54) is 0 Å². The van der Waals surface area contributed by atoms with Gasteiger partial charge in [0.25, 0.3) is 5.79 Å². The average molecular weight is 204 g/mol. The first-order chi connectivity index (χ1) is 6.19. The van der Waals surface area contributed by atoms with Crippen LogP contribution in [0.25, 0.3) is 0 Å². The van der Waals surface area contributed by atoms with Gasteiger partial charge in [0.15, 0.2) is 0 Å². The van der Waals surface area contributed by atoms with E-state index in [1.54, 1.807) is 20.8 Å². The first kappa shape index (κ1) is 13.4. The van der Waals surface area contributed by atoms with Gasteiger partial charge in [-0.15, -0.1) is 0 Å². The monoisotopic (exact) mass is 204 g/mol. The zero-order valence-electron chi connectivity index (χ0n) is 9.33. The lowest BCUT2D eigenvalue weighted by Gasteiger charge is -2.26. The van der Waals surface area contributed by atoms with E-state index >= 15 is 0 Å². The Bertz CT molecular complexity index is 191. The maximum absolute atomic E-state index is 11.3. The van der Waals surface area contributed by atoms with Crippen molar-refractivity contribution in [3.63, 3.8) is 0 Å². The highest BCUT2D eigenvalue weighted by molar-refractivity contribution is 5.77. The Hall–Kier alpha value is -0.610. The van der Waals surface area contributed by atoms with Crippen molar-refractivity contribution in [3.8, 4) is 0 Å². The fourth-order valence-electron chi connectivity index (χ4n) is 0.885. The van der Waals surface area contributed by atoms with Crippen molar-refractivity contribution in [1.82, 2.24) is 0 Å². The topological polar surface area (TPSA) is 66.8 Å². The quantitative estimate of drug-likeness (QED) is 0.533. The molecule has 0 aliphatic heterocycles. The SMILES string of the molecule is CCCCC(O)(O)C(=O)OC(C)(C)C. The molecule has 0 unspecified atom stereocenters. The van der Waals surface area contributed by atoms with Crippen LogP contribution in [0.4, 0.5) is 0 Å². The maximum Gasteiger partial charge on any atom is 0.366 e. The third-order valence-electron chi connectivity index (χ3n) is 1.60. The van der Waals surface area contributed by atoms with Gasteiger partial charge < -0.3 is 14.9 Å². The summed E-state index contributed by atoms with van der Waals surface area (Å²) >= 11 is 0. The van der Waals surface area contributed by atoms with E-state index in [2.05, 4.69) is 0 Å². The van der Waals surface area contributed by atoms with Crippen LogP contribution in [0, 0.1) is 0 Å². The number of rotatable bonds is 4. The molecule has 4 heteroatoms. The van der Waals surface area contributed by atoms with Gasteiger partial charge in [-0.2, -0.15) is 0 Å². The van der Waals surface area contributed by atoms with Gasteiger partial charge in [-0.1, -0.05) is 13.3 Å². The number of ether oxygens (including phenoxy) is 1. The second kappa shape index (κ2) is 4.75. The van der Waals surface area contributed by atoms with Crippen molar-refractivity contribution in [3.05, 3.63) is 0 Å². The Labute approximate surface area is 84.9 Å². The molecule has 0 saturated heterocycles. The molecule has 14 heavy (non-hydrogen) atoms. The van der Waals surface area contributed by atoms with Crippen LogP contribution in [0.2, 0.25) is 0 Å². The molecule has 0 aliphatic rings. The van der Waals surface area contributed by atoms with Gasteiger partial charge in [-0.3, -0.25) is 0 Å². The summed E-state index contributed by atoms with van der Waals surface area (Å²) < 4.78 is 4.86. The van der Waals surface area contributed by atoms with Crippen LogP contribution in [0.3, 0.4) is 0 Å². The molecule has 0 saturated carbocycles. The lowest BCUT2D eigenvalue weighted by Crippen LogP contribution is -2.43. The molecular formula is C10H20O4. The highest BCUT2D eigenvalue weighted by Gasteiger charge is 2.36. The summed E-state index contributed by atoms with van der Waals surface area (Å²) in [5.74, 6) is -3.32. The smallest absolute Gasteiger partial charge is 0.366 e. The second-order valence-corrected chi connectivity index (χ2v) is 4.42. The molecule has 2 N–H and O–H groups in total. The highest BCUT2D eigenvalue weighted by Crippen LogP contribution is 2.17. The molecule has 0 aromatic heterocycles. The minimum Gasteiger partial charge on any atom is -0.456 e. The summed E-state index contributed by atoms with van der Waals surface area (Å²) in [5.41, 5.74) is -0.694. The van der Waals surface area contributed by atoms with Gasteiger partial charge in [0, 0.05) is 6.42 Å². The summed E-state index contributed by atoms with van der Waals surface area (Å²) in [5, 5.41) is 18.7. The van der Waals surface area contributed by atoms with Gasteiger partial charge in [0.05, 0.1) is 0 Å². The Kier molecular flexibility index (Phi) is 4.55. The molecule has 0 heterocycles. The third-order valence-corrected chi connectivity index (χ3v) is 1.60. The lowest BCUT2D eigenvalue weighted by atomic mass is 10.1. The van der Waals surface area contributed by atoms with Crippen LogP contribution in [0.15, 0.2) is 0 Å². The fourth-order valence-corrected chi connectivity index (χ4v) is 0.885. The zero-order chi connectivity index (χ0) is 11.4. The van der Waals surface area contributed by atoms with Crippen LogP contribution in [-0.2, 0) is 9.53 Å². The van der Waals surface area contributed by atoms with Crippen molar-refractivity contribution in [2.45, 2.75) is 58.3 Å². The molecule has 0 aromatic carbocycles. The van der Waals surface area contributed by atoms with E-state index in [0.29, 0.717) is 6.42 Å². The van der Waals surface area contributed by atoms with E-state index in [1.807, 2.05) is 6.92 Å². The van der Waals surface area contributed by atoms with Crippen molar-refractivity contribution in [1.29, 1.82) is 0 Å². The molecule has 84 valence electrons. The van der Waals surface area contributed by atoms with E-state index in [4.69, 9.17) is 4.74 Å². The molecule has 0 aliphatic carbocycles. The molecule has 0 bridgehead atoms. The Balaban J connectivity index is 4.21. The van der Waals surface area contributed by atoms with Crippen LogP contribution in [-0.4, -0.2) is 27.6 Å². The van der Waals surface area contributed by atoms with Gasteiger partial charge in [0.2, 0.25) is 0 Å². The summed E-state index contributed by atoms with van der Waals surface area (Å²) in [6.45, 7) is 6.95. The van der Waals surface area contributed by atoms with Gasteiger partial charge in [0.1, 0.15) is 5.60 Å². The summed E-state index contributed by atoms with van der Waals surface area (Å²) in [6.07, 6.45) is 1.39. The minimum absolute atomic E-state index is 0.0123. The number of carbonyl (C=O) groups excluding carboxylic acids is 1. The Morgan fingerprint density at radius 1 is 1.29 bits per heavy atom. The molecule has 0 aromatic rings. The molecule has 0 rings (SSSR count). The number of hydrogen-bond donors (Lipinski definition) is 2. The van der Waals surface area contributed by atoms with Crippen LogP contribution >= 0.6 is 0 Å². The molecule has 0 fully saturated rings.